The van der Waals surface area contributed by atoms with Crippen LogP contribution in [0.4, 0.5) is 0 Å². The second kappa shape index (κ2) is 16.6. The molecule has 6 atom stereocenters. The Bertz CT molecular complexity index is 1150. The quantitative estimate of drug-likeness (QED) is 0.120. The summed E-state index contributed by atoms with van der Waals surface area (Å²) in [7, 11) is 0. The Morgan fingerprint density at radius 2 is 1.63 bits per heavy atom. The third kappa shape index (κ3) is 10.9. The number of hydrogen-bond donors (Lipinski definition) is 7. The van der Waals surface area contributed by atoms with Crippen molar-refractivity contribution < 1.29 is 39.0 Å². The van der Waals surface area contributed by atoms with E-state index in [4.69, 9.17) is 11.5 Å². The van der Waals surface area contributed by atoms with Gasteiger partial charge in [-0.15, -0.1) is 0 Å². The first-order chi connectivity index (χ1) is 20.2. The van der Waals surface area contributed by atoms with E-state index >= 15 is 0 Å². The van der Waals surface area contributed by atoms with Gasteiger partial charge >= 0.3 is 5.97 Å². The van der Waals surface area contributed by atoms with Crippen molar-refractivity contribution in [3.8, 4) is 0 Å². The fourth-order valence-corrected chi connectivity index (χ4v) is 4.88. The third-order valence-corrected chi connectivity index (χ3v) is 7.15. The molecule has 1 heterocycles. The maximum Gasteiger partial charge on any atom is 0.326 e. The van der Waals surface area contributed by atoms with E-state index in [0.29, 0.717) is 6.42 Å². The molecule has 14 nitrogen and oxygen atoms in total. The summed E-state index contributed by atoms with van der Waals surface area (Å²) in [5.41, 5.74) is 12.0. The van der Waals surface area contributed by atoms with E-state index < -0.39 is 71.8 Å². The van der Waals surface area contributed by atoms with Gasteiger partial charge in [0.1, 0.15) is 24.2 Å². The van der Waals surface area contributed by atoms with E-state index in [0.717, 1.165) is 5.56 Å². The number of aliphatic carboxylic acids is 1. The first kappa shape index (κ1) is 35.2. The summed E-state index contributed by atoms with van der Waals surface area (Å²) in [6.45, 7) is 5.16. The Morgan fingerprint density at radius 3 is 2.19 bits per heavy atom. The average molecular weight is 605 g/mol. The highest BCUT2D eigenvalue weighted by Gasteiger charge is 2.40. The normalized spacial score (nSPS) is 18.2. The number of carboxylic acid groups (broad SMARTS) is 1. The monoisotopic (exact) mass is 604 g/mol. The van der Waals surface area contributed by atoms with Crippen LogP contribution in [-0.2, 0) is 35.2 Å². The molecule has 0 aromatic heterocycles. The number of amides is 5. The van der Waals surface area contributed by atoms with E-state index in [1.165, 1.54) is 11.8 Å². The van der Waals surface area contributed by atoms with Crippen LogP contribution in [0, 0.1) is 5.92 Å². The standard InChI is InChI=1S/C29H44N6O8/c1-16(2)14-21(26(39)32-20(29(42)43)11-12-23(31)37)33-27(40)22-10-7-13-35(22)28(41)24(17(3)36)34-25(38)19(30)15-18-8-5-4-6-9-18/h4-6,8-9,16-17,19-22,24,36H,7,10-15,30H2,1-3H3,(H2,31,37)(H,32,39)(H,33,40)(H,34,38)(H,42,43)/t17-,19+,20+,21+,22+,24+/m1/s1. The second-order valence-corrected chi connectivity index (χ2v) is 11.3. The Hall–Kier alpha value is -4.04. The lowest BCUT2D eigenvalue weighted by Crippen LogP contribution is -2.60. The van der Waals surface area contributed by atoms with Crippen molar-refractivity contribution in [3.63, 3.8) is 0 Å². The predicted octanol–water partition coefficient (Wildman–Crippen LogP) is -1.22. The summed E-state index contributed by atoms with van der Waals surface area (Å²) in [6, 6.07) is 3.23. The molecular formula is C29H44N6O8. The lowest BCUT2D eigenvalue weighted by molar-refractivity contribution is -0.145. The number of rotatable bonds is 16. The minimum atomic E-state index is -1.39. The summed E-state index contributed by atoms with van der Waals surface area (Å²) in [5.74, 6) is -4.84. The number of hydrogen-bond acceptors (Lipinski definition) is 8. The first-order valence-electron chi connectivity index (χ1n) is 14.4. The molecule has 1 aliphatic rings. The number of primary amides is 1. The number of benzene rings is 1. The van der Waals surface area contributed by atoms with Gasteiger partial charge in [0.2, 0.25) is 29.5 Å². The van der Waals surface area contributed by atoms with Gasteiger partial charge in [0.25, 0.3) is 0 Å². The fourth-order valence-electron chi connectivity index (χ4n) is 4.88. The van der Waals surface area contributed by atoms with Crippen LogP contribution in [0.2, 0.25) is 0 Å². The van der Waals surface area contributed by atoms with Gasteiger partial charge in [-0.1, -0.05) is 44.2 Å². The molecule has 2 rings (SSSR count). The molecule has 9 N–H and O–H groups in total. The van der Waals surface area contributed by atoms with Gasteiger partial charge in [-0.2, -0.15) is 0 Å². The summed E-state index contributed by atoms with van der Waals surface area (Å²) in [6.07, 6.45) is -0.637. The number of carboxylic acids is 1. The van der Waals surface area contributed by atoms with E-state index in [2.05, 4.69) is 16.0 Å². The molecule has 14 heteroatoms. The van der Waals surface area contributed by atoms with Crippen LogP contribution in [0.15, 0.2) is 30.3 Å². The first-order valence-corrected chi connectivity index (χ1v) is 14.4. The zero-order chi connectivity index (χ0) is 32.3. The van der Waals surface area contributed by atoms with E-state index in [1.807, 2.05) is 44.2 Å². The largest absolute Gasteiger partial charge is 0.480 e. The van der Waals surface area contributed by atoms with Crippen molar-refractivity contribution in [1.29, 1.82) is 0 Å². The number of nitrogens with one attached hydrogen (secondary N) is 3. The Kier molecular flexibility index (Phi) is 13.5. The minimum absolute atomic E-state index is 0.0683. The lowest BCUT2D eigenvalue weighted by Gasteiger charge is -2.31. The molecular weight excluding hydrogens is 560 g/mol. The smallest absolute Gasteiger partial charge is 0.326 e. The van der Waals surface area contributed by atoms with Crippen molar-refractivity contribution in [2.45, 2.75) is 95.6 Å². The van der Waals surface area contributed by atoms with Crippen LogP contribution >= 0.6 is 0 Å². The Balaban J connectivity index is 2.13. The van der Waals surface area contributed by atoms with Gasteiger partial charge in [-0.3, -0.25) is 24.0 Å². The molecule has 0 aliphatic carbocycles. The van der Waals surface area contributed by atoms with E-state index in [9.17, 15) is 39.0 Å². The number of aliphatic hydroxyl groups excluding tert-OH is 1. The van der Waals surface area contributed by atoms with Crippen LogP contribution in [0.25, 0.3) is 0 Å². The van der Waals surface area contributed by atoms with Gasteiger partial charge in [-0.05, 0) is 50.5 Å². The number of likely N-dealkylation sites (tertiary alicyclic amines) is 1. The molecule has 43 heavy (non-hydrogen) atoms. The molecule has 0 spiro atoms. The molecule has 1 aromatic carbocycles. The zero-order valence-electron chi connectivity index (χ0n) is 24.8. The van der Waals surface area contributed by atoms with Crippen LogP contribution in [0.5, 0.6) is 0 Å². The Morgan fingerprint density at radius 1 is 0.977 bits per heavy atom. The number of aliphatic hydroxyl groups is 1. The van der Waals surface area contributed by atoms with Crippen molar-refractivity contribution in [2.24, 2.45) is 17.4 Å². The van der Waals surface area contributed by atoms with Crippen molar-refractivity contribution >= 4 is 35.5 Å². The topological polar surface area (TPSA) is 234 Å². The molecule has 0 radical (unpaired) electrons. The van der Waals surface area contributed by atoms with Gasteiger partial charge in [-0.25, -0.2) is 4.79 Å². The van der Waals surface area contributed by atoms with Crippen LogP contribution in [0.3, 0.4) is 0 Å². The molecule has 238 valence electrons. The van der Waals surface area contributed by atoms with Crippen molar-refractivity contribution in [2.75, 3.05) is 6.54 Å². The van der Waals surface area contributed by atoms with Crippen molar-refractivity contribution in [1.82, 2.24) is 20.9 Å². The molecule has 0 saturated carbocycles. The molecule has 0 bridgehead atoms. The van der Waals surface area contributed by atoms with Gasteiger partial charge in [0, 0.05) is 13.0 Å². The summed E-state index contributed by atoms with van der Waals surface area (Å²) < 4.78 is 0. The maximum absolute atomic E-state index is 13.5. The predicted molar refractivity (Wildman–Crippen MR) is 156 cm³/mol. The SMILES string of the molecule is CC(C)C[C@H](NC(=O)[C@@H]1CCCN1C(=O)[C@@H](NC(=O)[C@@H](N)Cc1ccccc1)[C@@H](C)O)C(=O)N[C@@H](CCC(N)=O)C(=O)O. The van der Waals surface area contributed by atoms with Gasteiger partial charge in [0.05, 0.1) is 12.1 Å². The molecule has 5 amide bonds. The number of nitrogens with zero attached hydrogens (tertiary/aromatic N) is 1. The van der Waals surface area contributed by atoms with E-state index in [-0.39, 0.29) is 44.6 Å². The molecule has 1 aromatic rings. The summed E-state index contributed by atoms with van der Waals surface area (Å²) in [4.78, 5) is 76.7. The summed E-state index contributed by atoms with van der Waals surface area (Å²) in [5, 5.41) is 27.4. The van der Waals surface area contributed by atoms with Crippen LogP contribution in [-0.4, -0.2) is 93.5 Å². The Labute approximate surface area is 250 Å². The number of carbonyl (C=O) groups is 6. The fraction of sp³-hybridized carbons (Fsp3) is 0.586. The lowest BCUT2D eigenvalue weighted by atomic mass is 10.0. The highest BCUT2D eigenvalue weighted by molar-refractivity contribution is 5.96. The van der Waals surface area contributed by atoms with Crippen molar-refractivity contribution in [3.05, 3.63) is 35.9 Å². The highest BCUT2D eigenvalue weighted by atomic mass is 16.4. The maximum atomic E-state index is 13.5. The number of nitrogens with two attached hydrogens (primary N) is 2. The van der Waals surface area contributed by atoms with Gasteiger partial charge < -0.3 is 42.5 Å². The number of carbonyl (C=O) groups excluding carboxylic acids is 5. The van der Waals surface area contributed by atoms with E-state index in [1.54, 1.807) is 0 Å². The van der Waals surface area contributed by atoms with Crippen LogP contribution < -0.4 is 27.4 Å². The zero-order valence-corrected chi connectivity index (χ0v) is 24.8. The molecule has 1 saturated heterocycles. The minimum Gasteiger partial charge on any atom is -0.480 e. The second-order valence-electron chi connectivity index (χ2n) is 11.3. The molecule has 1 fully saturated rings. The third-order valence-electron chi connectivity index (χ3n) is 7.15. The molecule has 1 aliphatic heterocycles. The van der Waals surface area contributed by atoms with Gasteiger partial charge in [0.15, 0.2) is 0 Å². The highest BCUT2D eigenvalue weighted by Crippen LogP contribution is 2.20. The molecule has 0 unspecified atom stereocenters. The summed E-state index contributed by atoms with van der Waals surface area (Å²) >= 11 is 0. The average Bonchev–Trinajstić information content (AvgIpc) is 3.43. The van der Waals surface area contributed by atoms with Crippen LogP contribution in [0.1, 0.15) is 58.4 Å².